The number of piperidine rings is 1. The third-order valence-electron chi connectivity index (χ3n) is 3.09. The van der Waals surface area contributed by atoms with Gasteiger partial charge in [-0.05, 0) is 45.9 Å². The van der Waals surface area contributed by atoms with Crippen LogP contribution in [-0.2, 0) is 4.79 Å². The van der Waals surface area contributed by atoms with E-state index in [0.29, 0.717) is 0 Å². The molecule has 0 aliphatic carbocycles. The van der Waals surface area contributed by atoms with Gasteiger partial charge < -0.3 is 14.9 Å². The first-order valence-corrected chi connectivity index (χ1v) is 5.84. The predicted octanol–water partition coefficient (Wildman–Crippen LogP) is 0.901. The molecule has 0 bridgehead atoms. The van der Waals surface area contributed by atoms with Crippen molar-refractivity contribution >= 4 is 5.97 Å². The molecule has 0 atom stereocenters. The van der Waals surface area contributed by atoms with Crippen LogP contribution >= 0.6 is 0 Å². The second kappa shape index (κ2) is 6.66. The van der Waals surface area contributed by atoms with Gasteiger partial charge >= 0.3 is 5.97 Å². The lowest BCUT2D eigenvalue weighted by Gasteiger charge is -2.31. The fourth-order valence-electron chi connectivity index (χ4n) is 2.09. The van der Waals surface area contributed by atoms with E-state index in [4.69, 9.17) is 5.11 Å². The summed E-state index contributed by atoms with van der Waals surface area (Å²) in [6, 6.07) is 0. The van der Waals surface area contributed by atoms with Crippen LogP contribution in [0.2, 0.25) is 0 Å². The molecule has 0 radical (unpaired) electrons. The Morgan fingerprint density at radius 2 is 2.12 bits per heavy atom. The van der Waals surface area contributed by atoms with Crippen molar-refractivity contribution in [1.29, 1.82) is 0 Å². The van der Waals surface area contributed by atoms with Gasteiger partial charge in [0.2, 0.25) is 0 Å². The number of rotatable bonds is 5. The van der Waals surface area contributed by atoms with E-state index in [0.717, 1.165) is 19.0 Å². The zero-order chi connectivity index (χ0) is 12.0. The van der Waals surface area contributed by atoms with E-state index in [9.17, 15) is 4.79 Å². The first-order valence-electron chi connectivity index (χ1n) is 5.84. The van der Waals surface area contributed by atoms with Crippen molar-refractivity contribution in [3.05, 3.63) is 12.2 Å². The molecule has 16 heavy (non-hydrogen) atoms. The predicted molar refractivity (Wildman–Crippen MR) is 64.5 cm³/mol. The molecule has 0 aromatic heterocycles. The highest BCUT2D eigenvalue weighted by atomic mass is 16.4. The zero-order valence-electron chi connectivity index (χ0n) is 10.2. The number of likely N-dealkylation sites (tertiary alicyclic amines) is 1. The van der Waals surface area contributed by atoms with E-state index < -0.39 is 5.97 Å². The summed E-state index contributed by atoms with van der Waals surface area (Å²) in [5.74, 6) is -0.105. The van der Waals surface area contributed by atoms with Crippen LogP contribution in [0.5, 0.6) is 0 Å². The van der Waals surface area contributed by atoms with Gasteiger partial charge in [-0.15, -0.1) is 0 Å². The normalized spacial score (nSPS) is 19.7. The van der Waals surface area contributed by atoms with Gasteiger partial charge in [0.15, 0.2) is 0 Å². The fourth-order valence-corrected chi connectivity index (χ4v) is 2.09. The molecule has 1 aliphatic heterocycles. The highest BCUT2D eigenvalue weighted by Crippen LogP contribution is 2.16. The lowest BCUT2D eigenvalue weighted by Crippen LogP contribution is -2.35. The molecule has 1 N–H and O–H groups in total. The number of likely N-dealkylation sites (N-methyl/N-ethyl adjacent to an activating group) is 1. The SMILES string of the molecule is CN1CCC(CN(C)CC=CC(=O)O)CC1. The van der Waals surface area contributed by atoms with E-state index in [1.165, 1.54) is 32.0 Å². The number of hydrogen-bond donors (Lipinski definition) is 1. The van der Waals surface area contributed by atoms with Crippen LogP contribution in [0.1, 0.15) is 12.8 Å². The molecule has 0 amide bonds. The van der Waals surface area contributed by atoms with Crippen LogP contribution in [0, 0.1) is 5.92 Å². The summed E-state index contributed by atoms with van der Waals surface area (Å²) in [7, 11) is 4.21. The maximum absolute atomic E-state index is 10.3. The van der Waals surface area contributed by atoms with Gasteiger partial charge in [0, 0.05) is 19.2 Å². The summed E-state index contributed by atoms with van der Waals surface area (Å²) in [5.41, 5.74) is 0. The molecule has 0 unspecified atom stereocenters. The Hall–Kier alpha value is -0.870. The third-order valence-corrected chi connectivity index (χ3v) is 3.09. The Balaban J connectivity index is 2.18. The molecule has 4 heteroatoms. The lowest BCUT2D eigenvalue weighted by atomic mass is 9.97. The van der Waals surface area contributed by atoms with Crippen molar-refractivity contribution in [3.63, 3.8) is 0 Å². The molecule has 0 aromatic carbocycles. The van der Waals surface area contributed by atoms with Gasteiger partial charge in [0.1, 0.15) is 0 Å². The number of carbonyl (C=O) groups is 1. The topological polar surface area (TPSA) is 43.8 Å². The van der Waals surface area contributed by atoms with Crippen molar-refractivity contribution in [3.8, 4) is 0 Å². The number of nitrogens with zero attached hydrogens (tertiary/aromatic N) is 2. The molecule has 4 nitrogen and oxygen atoms in total. The zero-order valence-corrected chi connectivity index (χ0v) is 10.2. The van der Waals surface area contributed by atoms with Crippen molar-refractivity contribution in [2.24, 2.45) is 5.92 Å². The largest absolute Gasteiger partial charge is 0.478 e. The number of carboxylic acid groups (broad SMARTS) is 1. The van der Waals surface area contributed by atoms with E-state index in [-0.39, 0.29) is 0 Å². The van der Waals surface area contributed by atoms with E-state index in [1.807, 2.05) is 7.05 Å². The molecule has 1 rings (SSSR count). The van der Waals surface area contributed by atoms with Gasteiger partial charge in [-0.3, -0.25) is 0 Å². The van der Waals surface area contributed by atoms with Gasteiger partial charge in [-0.1, -0.05) is 6.08 Å². The Labute approximate surface area is 97.5 Å². The highest BCUT2D eigenvalue weighted by molar-refractivity contribution is 5.79. The summed E-state index contributed by atoms with van der Waals surface area (Å²) in [6.45, 7) is 4.16. The van der Waals surface area contributed by atoms with Crippen LogP contribution in [-0.4, -0.2) is 61.2 Å². The molecule has 1 aliphatic rings. The van der Waals surface area contributed by atoms with E-state index in [1.54, 1.807) is 6.08 Å². The summed E-state index contributed by atoms with van der Waals surface area (Å²) >= 11 is 0. The minimum atomic E-state index is -0.868. The number of carboxylic acids is 1. The lowest BCUT2D eigenvalue weighted by molar-refractivity contribution is -0.131. The maximum atomic E-state index is 10.3. The van der Waals surface area contributed by atoms with Gasteiger partial charge in [-0.2, -0.15) is 0 Å². The maximum Gasteiger partial charge on any atom is 0.328 e. The van der Waals surface area contributed by atoms with Crippen LogP contribution in [0.25, 0.3) is 0 Å². The molecular formula is C12H22N2O2. The first kappa shape index (κ1) is 13.2. The van der Waals surface area contributed by atoms with Gasteiger partial charge in [0.05, 0.1) is 0 Å². The average Bonchev–Trinajstić information content (AvgIpc) is 2.21. The smallest absolute Gasteiger partial charge is 0.328 e. The van der Waals surface area contributed by atoms with Crippen molar-refractivity contribution in [2.45, 2.75) is 12.8 Å². The fraction of sp³-hybridized carbons (Fsp3) is 0.750. The van der Waals surface area contributed by atoms with E-state index in [2.05, 4.69) is 16.8 Å². The first-order chi connectivity index (χ1) is 7.58. The summed E-state index contributed by atoms with van der Waals surface area (Å²) in [5, 5.41) is 8.47. The van der Waals surface area contributed by atoms with Crippen LogP contribution < -0.4 is 0 Å². The number of hydrogen-bond acceptors (Lipinski definition) is 3. The Kier molecular flexibility index (Phi) is 5.49. The second-order valence-corrected chi connectivity index (χ2v) is 4.71. The second-order valence-electron chi connectivity index (χ2n) is 4.71. The quantitative estimate of drug-likeness (QED) is 0.707. The van der Waals surface area contributed by atoms with Crippen molar-refractivity contribution < 1.29 is 9.90 Å². The Morgan fingerprint density at radius 3 is 2.69 bits per heavy atom. The highest BCUT2D eigenvalue weighted by Gasteiger charge is 2.17. The average molecular weight is 226 g/mol. The Bertz CT molecular complexity index is 245. The molecule has 92 valence electrons. The Morgan fingerprint density at radius 1 is 1.50 bits per heavy atom. The monoisotopic (exact) mass is 226 g/mol. The van der Waals surface area contributed by atoms with Crippen LogP contribution in [0.4, 0.5) is 0 Å². The van der Waals surface area contributed by atoms with Crippen LogP contribution in [0.3, 0.4) is 0 Å². The molecule has 0 aromatic rings. The van der Waals surface area contributed by atoms with Gasteiger partial charge in [0.25, 0.3) is 0 Å². The molecule has 1 heterocycles. The van der Waals surface area contributed by atoms with Crippen LogP contribution in [0.15, 0.2) is 12.2 Å². The molecule has 1 saturated heterocycles. The van der Waals surface area contributed by atoms with Gasteiger partial charge in [-0.25, -0.2) is 4.79 Å². The summed E-state index contributed by atoms with van der Waals surface area (Å²) in [6.07, 6.45) is 5.43. The minimum Gasteiger partial charge on any atom is -0.478 e. The molecular weight excluding hydrogens is 204 g/mol. The van der Waals surface area contributed by atoms with Crippen molar-refractivity contribution in [2.75, 3.05) is 40.3 Å². The third kappa shape index (κ3) is 5.28. The minimum absolute atomic E-state index is 0.721. The molecule has 0 saturated carbocycles. The van der Waals surface area contributed by atoms with Crippen molar-refractivity contribution in [1.82, 2.24) is 9.80 Å². The summed E-state index contributed by atoms with van der Waals surface area (Å²) < 4.78 is 0. The van der Waals surface area contributed by atoms with E-state index >= 15 is 0 Å². The molecule has 1 fully saturated rings. The number of aliphatic carboxylic acids is 1. The summed E-state index contributed by atoms with van der Waals surface area (Å²) in [4.78, 5) is 14.8. The standard InChI is InChI=1S/C12H22N2O2/c1-13-8-5-11(6-9-13)10-14(2)7-3-4-12(15)16/h3-4,11H,5-10H2,1-2H3,(H,15,16). The molecule has 0 spiro atoms.